The number of nitriles is 1. The first kappa shape index (κ1) is 12.5. The number of pyridine rings is 1. The Labute approximate surface area is 111 Å². The van der Waals surface area contributed by atoms with Gasteiger partial charge in [0.05, 0.1) is 11.6 Å². The highest BCUT2D eigenvalue weighted by Gasteiger charge is 1.96. The van der Waals surface area contributed by atoms with E-state index in [1.807, 2.05) is 18.2 Å². The van der Waals surface area contributed by atoms with Crippen molar-refractivity contribution in [2.45, 2.75) is 4.90 Å². The third kappa shape index (κ3) is 3.79. The molecule has 1 N–H and O–H groups in total. The third-order valence-corrected chi connectivity index (χ3v) is 3.32. The highest BCUT2D eigenvalue weighted by molar-refractivity contribution is 7.99. The van der Waals surface area contributed by atoms with E-state index in [4.69, 9.17) is 5.26 Å². The normalized spacial score (nSPS) is 9.72. The van der Waals surface area contributed by atoms with Gasteiger partial charge in [-0.1, -0.05) is 18.2 Å². The maximum absolute atomic E-state index is 8.77. The van der Waals surface area contributed by atoms with Gasteiger partial charge in [-0.25, -0.2) is 4.98 Å². The molecule has 2 rings (SSSR count). The molecule has 0 radical (unpaired) electrons. The van der Waals surface area contributed by atoms with E-state index >= 15 is 0 Å². The zero-order valence-corrected chi connectivity index (χ0v) is 10.7. The van der Waals surface area contributed by atoms with Crippen molar-refractivity contribution in [3.05, 3.63) is 54.2 Å². The van der Waals surface area contributed by atoms with E-state index in [1.54, 1.807) is 30.1 Å². The minimum atomic E-state index is 0.628. The molecule has 1 aromatic carbocycles. The minimum absolute atomic E-state index is 0.628. The summed E-state index contributed by atoms with van der Waals surface area (Å²) in [6, 6.07) is 15.8. The molecule has 0 atom stereocenters. The predicted octanol–water partition coefficient (Wildman–Crippen LogP) is 3.16. The number of aromatic nitrogens is 1. The van der Waals surface area contributed by atoms with Crippen molar-refractivity contribution in [3.63, 3.8) is 0 Å². The Hall–Kier alpha value is -1.99. The second kappa shape index (κ2) is 6.67. The standard InChI is InChI=1S/C14H13N3S/c15-11-12-6-7-16-14(10-12)17-8-9-18-13-4-2-1-3-5-13/h1-7,10H,8-9H2,(H,16,17). The molecule has 0 saturated heterocycles. The van der Waals surface area contributed by atoms with Crippen molar-refractivity contribution in [2.24, 2.45) is 0 Å². The molecule has 1 heterocycles. The fraction of sp³-hybridized carbons (Fsp3) is 0.143. The molecule has 0 bridgehead atoms. The Balaban J connectivity index is 1.77. The van der Waals surface area contributed by atoms with Crippen LogP contribution in [-0.2, 0) is 0 Å². The lowest BCUT2D eigenvalue weighted by molar-refractivity contribution is 1.16. The van der Waals surface area contributed by atoms with Crippen LogP contribution in [0.4, 0.5) is 5.82 Å². The number of nitrogens with one attached hydrogen (secondary N) is 1. The first-order valence-corrected chi connectivity index (χ1v) is 6.65. The van der Waals surface area contributed by atoms with Gasteiger partial charge in [0.25, 0.3) is 0 Å². The van der Waals surface area contributed by atoms with Crippen LogP contribution in [0.25, 0.3) is 0 Å². The maximum Gasteiger partial charge on any atom is 0.127 e. The van der Waals surface area contributed by atoms with Crippen LogP contribution in [0.15, 0.2) is 53.6 Å². The fourth-order valence-corrected chi connectivity index (χ4v) is 2.25. The smallest absolute Gasteiger partial charge is 0.127 e. The highest BCUT2D eigenvalue weighted by Crippen LogP contribution is 2.16. The molecule has 0 fully saturated rings. The fourth-order valence-electron chi connectivity index (χ4n) is 1.46. The van der Waals surface area contributed by atoms with E-state index in [0.717, 1.165) is 18.1 Å². The Morgan fingerprint density at radius 2 is 2.06 bits per heavy atom. The molecule has 0 aliphatic heterocycles. The van der Waals surface area contributed by atoms with Crippen molar-refractivity contribution < 1.29 is 0 Å². The summed E-state index contributed by atoms with van der Waals surface area (Å²) in [5.74, 6) is 1.71. The van der Waals surface area contributed by atoms with Gasteiger partial charge < -0.3 is 5.32 Å². The lowest BCUT2D eigenvalue weighted by atomic mass is 10.3. The number of hydrogen-bond donors (Lipinski definition) is 1. The van der Waals surface area contributed by atoms with E-state index < -0.39 is 0 Å². The van der Waals surface area contributed by atoms with Crippen LogP contribution in [0.1, 0.15) is 5.56 Å². The summed E-state index contributed by atoms with van der Waals surface area (Å²) in [5, 5.41) is 12.0. The van der Waals surface area contributed by atoms with Crippen LogP contribution in [-0.4, -0.2) is 17.3 Å². The Morgan fingerprint density at radius 1 is 1.22 bits per heavy atom. The van der Waals surface area contributed by atoms with E-state index in [-0.39, 0.29) is 0 Å². The van der Waals surface area contributed by atoms with Crippen LogP contribution < -0.4 is 5.32 Å². The molecular weight excluding hydrogens is 242 g/mol. The number of nitrogens with zero attached hydrogens (tertiary/aromatic N) is 2. The molecule has 4 heteroatoms. The molecule has 0 saturated carbocycles. The molecule has 0 aliphatic carbocycles. The number of hydrogen-bond acceptors (Lipinski definition) is 4. The molecule has 0 aliphatic rings. The largest absolute Gasteiger partial charge is 0.369 e. The van der Waals surface area contributed by atoms with Crippen LogP contribution >= 0.6 is 11.8 Å². The van der Waals surface area contributed by atoms with E-state index in [1.165, 1.54) is 4.90 Å². The van der Waals surface area contributed by atoms with Gasteiger partial charge in [0.2, 0.25) is 0 Å². The second-order valence-electron chi connectivity index (χ2n) is 3.63. The van der Waals surface area contributed by atoms with E-state index in [2.05, 4.69) is 28.5 Å². The number of anilines is 1. The Morgan fingerprint density at radius 3 is 2.83 bits per heavy atom. The number of thioether (sulfide) groups is 1. The summed E-state index contributed by atoms with van der Waals surface area (Å²) in [5.41, 5.74) is 0.628. The second-order valence-corrected chi connectivity index (χ2v) is 4.80. The summed E-state index contributed by atoms with van der Waals surface area (Å²) in [6.07, 6.45) is 1.64. The summed E-state index contributed by atoms with van der Waals surface area (Å²) in [4.78, 5) is 5.42. The molecule has 18 heavy (non-hydrogen) atoms. The lowest BCUT2D eigenvalue weighted by Crippen LogP contribution is -2.05. The molecule has 0 spiro atoms. The van der Waals surface area contributed by atoms with E-state index in [0.29, 0.717) is 5.56 Å². The molecule has 2 aromatic rings. The van der Waals surface area contributed by atoms with Crippen LogP contribution in [0.2, 0.25) is 0 Å². The first-order valence-electron chi connectivity index (χ1n) is 5.66. The minimum Gasteiger partial charge on any atom is -0.369 e. The Bertz CT molecular complexity index is 534. The zero-order valence-electron chi connectivity index (χ0n) is 9.84. The zero-order chi connectivity index (χ0) is 12.6. The molecule has 1 aromatic heterocycles. The van der Waals surface area contributed by atoms with Gasteiger partial charge in [-0.2, -0.15) is 5.26 Å². The topological polar surface area (TPSA) is 48.7 Å². The maximum atomic E-state index is 8.77. The van der Waals surface area contributed by atoms with Crippen LogP contribution in [0.3, 0.4) is 0 Å². The Kier molecular flexibility index (Phi) is 4.62. The summed E-state index contributed by atoms with van der Waals surface area (Å²) >= 11 is 1.79. The van der Waals surface area contributed by atoms with Gasteiger partial charge in [0.1, 0.15) is 5.82 Å². The van der Waals surface area contributed by atoms with Gasteiger partial charge in [-0.3, -0.25) is 0 Å². The van der Waals surface area contributed by atoms with Crippen molar-refractivity contribution in [3.8, 4) is 6.07 Å². The molecule has 0 unspecified atom stereocenters. The summed E-state index contributed by atoms with van der Waals surface area (Å²) in [6.45, 7) is 0.821. The van der Waals surface area contributed by atoms with Gasteiger partial charge >= 0.3 is 0 Å². The SMILES string of the molecule is N#Cc1ccnc(NCCSc2ccccc2)c1. The molecule has 0 amide bonds. The number of rotatable bonds is 5. The van der Waals surface area contributed by atoms with Gasteiger partial charge in [0, 0.05) is 23.4 Å². The number of benzene rings is 1. The third-order valence-electron chi connectivity index (χ3n) is 2.31. The summed E-state index contributed by atoms with van der Waals surface area (Å²) in [7, 11) is 0. The lowest BCUT2D eigenvalue weighted by Gasteiger charge is -2.05. The van der Waals surface area contributed by atoms with Crippen molar-refractivity contribution >= 4 is 17.6 Å². The quantitative estimate of drug-likeness (QED) is 0.658. The summed E-state index contributed by atoms with van der Waals surface area (Å²) < 4.78 is 0. The van der Waals surface area contributed by atoms with Gasteiger partial charge in [-0.05, 0) is 24.3 Å². The first-order chi connectivity index (χ1) is 8.88. The monoisotopic (exact) mass is 255 g/mol. The van der Waals surface area contributed by atoms with E-state index in [9.17, 15) is 0 Å². The van der Waals surface area contributed by atoms with Crippen molar-refractivity contribution in [2.75, 3.05) is 17.6 Å². The highest BCUT2D eigenvalue weighted by atomic mass is 32.2. The van der Waals surface area contributed by atoms with Crippen LogP contribution in [0, 0.1) is 11.3 Å². The van der Waals surface area contributed by atoms with Crippen molar-refractivity contribution in [1.82, 2.24) is 4.98 Å². The van der Waals surface area contributed by atoms with Gasteiger partial charge in [-0.15, -0.1) is 11.8 Å². The molecule has 90 valence electrons. The van der Waals surface area contributed by atoms with Crippen LogP contribution in [0.5, 0.6) is 0 Å². The average Bonchev–Trinajstić information content (AvgIpc) is 2.45. The van der Waals surface area contributed by atoms with Crippen molar-refractivity contribution in [1.29, 1.82) is 5.26 Å². The molecule has 3 nitrogen and oxygen atoms in total. The average molecular weight is 255 g/mol. The molecular formula is C14H13N3S. The van der Waals surface area contributed by atoms with Gasteiger partial charge in [0.15, 0.2) is 0 Å². The predicted molar refractivity (Wildman–Crippen MR) is 74.6 cm³/mol.